The summed E-state index contributed by atoms with van der Waals surface area (Å²) in [5.41, 5.74) is 0.823. The molecule has 13 heavy (non-hydrogen) atoms. The average Bonchev–Trinajstić information content (AvgIpc) is 2.09. The van der Waals surface area contributed by atoms with Crippen molar-refractivity contribution in [2.75, 3.05) is 13.6 Å². The van der Waals surface area contributed by atoms with Crippen molar-refractivity contribution in [3.8, 4) is 0 Å². The Balaban J connectivity index is 2.49. The zero-order valence-corrected chi connectivity index (χ0v) is 7.56. The zero-order chi connectivity index (χ0) is 9.68. The van der Waals surface area contributed by atoms with Crippen LogP contribution >= 0.6 is 0 Å². The van der Waals surface area contributed by atoms with Crippen molar-refractivity contribution in [1.82, 2.24) is 5.32 Å². The normalized spacial score (nSPS) is 12.8. The lowest BCUT2D eigenvalue weighted by molar-refractivity contribution is 0.324. The smallest absolute Gasteiger partial charge is 0.123 e. The van der Waals surface area contributed by atoms with Crippen LogP contribution in [0.5, 0.6) is 0 Å². The van der Waals surface area contributed by atoms with E-state index in [1.165, 1.54) is 12.1 Å². The van der Waals surface area contributed by atoms with Crippen LogP contribution < -0.4 is 5.32 Å². The van der Waals surface area contributed by atoms with Gasteiger partial charge < -0.3 is 5.32 Å². The molecule has 1 aromatic carbocycles. The maximum Gasteiger partial charge on any atom is 0.123 e. The number of hydrogen-bond donors (Lipinski definition) is 1. The second-order valence-electron chi connectivity index (χ2n) is 2.99. The third-order valence-corrected chi connectivity index (χ3v) is 1.80. The molecule has 72 valence electrons. The van der Waals surface area contributed by atoms with Gasteiger partial charge in [0, 0.05) is 13.0 Å². The molecule has 1 N–H and O–H groups in total. The molecule has 0 amide bonds. The molecule has 0 unspecified atom stereocenters. The number of halogens is 2. The van der Waals surface area contributed by atoms with Crippen LogP contribution in [0.3, 0.4) is 0 Å². The van der Waals surface area contributed by atoms with Gasteiger partial charge in [-0.25, -0.2) is 8.78 Å². The standard InChI is InChI=1S/C10H13F2N/c1-13-7-10(12)6-8-2-4-9(11)5-3-8/h2-5,10,13H,6-7H2,1H3/t10-/m0/s1. The van der Waals surface area contributed by atoms with Crippen LogP contribution in [0.25, 0.3) is 0 Å². The third kappa shape index (κ3) is 3.51. The zero-order valence-electron chi connectivity index (χ0n) is 7.56. The minimum Gasteiger partial charge on any atom is -0.317 e. The molecule has 0 heterocycles. The SMILES string of the molecule is CNC[C@@H](F)Cc1ccc(F)cc1. The molecule has 0 aliphatic rings. The Morgan fingerprint density at radius 1 is 1.31 bits per heavy atom. The molecule has 0 saturated heterocycles. The minimum absolute atomic E-state index is 0.284. The van der Waals surface area contributed by atoms with Gasteiger partial charge in [0.2, 0.25) is 0 Å². The molecule has 0 saturated carbocycles. The fraction of sp³-hybridized carbons (Fsp3) is 0.400. The highest BCUT2D eigenvalue weighted by Crippen LogP contribution is 2.07. The highest BCUT2D eigenvalue weighted by atomic mass is 19.1. The Morgan fingerprint density at radius 2 is 1.92 bits per heavy atom. The Morgan fingerprint density at radius 3 is 2.46 bits per heavy atom. The second-order valence-corrected chi connectivity index (χ2v) is 2.99. The van der Waals surface area contributed by atoms with Gasteiger partial charge in [0.15, 0.2) is 0 Å². The van der Waals surface area contributed by atoms with Gasteiger partial charge in [0.05, 0.1) is 0 Å². The molecule has 1 atom stereocenters. The first-order chi connectivity index (χ1) is 6.22. The number of hydrogen-bond acceptors (Lipinski definition) is 1. The van der Waals surface area contributed by atoms with Gasteiger partial charge in [-0.3, -0.25) is 0 Å². The molecule has 3 heteroatoms. The Hall–Kier alpha value is -0.960. The quantitative estimate of drug-likeness (QED) is 0.755. The van der Waals surface area contributed by atoms with E-state index in [0.29, 0.717) is 13.0 Å². The van der Waals surface area contributed by atoms with Gasteiger partial charge in [0.25, 0.3) is 0 Å². The first kappa shape index (κ1) is 10.1. The van der Waals surface area contributed by atoms with E-state index >= 15 is 0 Å². The number of alkyl halides is 1. The summed E-state index contributed by atoms with van der Waals surface area (Å²) in [5.74, 6) is -0.284. The first-order valence-electron chi connectivity index (χ1n) is 4.25. The number of nitrogens with one attached hydrogen (secondary N) is 1. The molecule has 0 aromatic heterocycles. The van der Waals surface area contributed by atoms with Crippen molar-refractivity contribution in [1.29, 1.82) is 0 Å². The molecule has 0 aliphatic heterocycles. The van der Waals surface area contributed by atoms with E-state index in [9.17, 15) is 8.78 Å². The highest BCUT2D eigenvalue weighted by Gasteiger charge is 2.05. The van der Waals surface area contributed by atoms with Crippen LogP contribution in [0.1, 0.15) is 5.56 Å². The van der Waals surface area contributed by atoms with Crippen molar-refractivity contribution in [3.05, 3.63) is 35.6 Å². The summed E-state index contributed by atoms with van der Waals surface area (Å²) < 4.78 is 25.5. The summed E-state index contributed by atoms with van der Waals surface area (Å²) >= 11 is 0. The predicted molar refractivity (Wildman–Crippen MR) is 48.9 cm³/mol. The van der Waals surface area contributed by atoms with Crippen molar-refractivity contribution in [3.63, 3.8) is 0 Å². The fourth-order valence-corrected chi connectivity index (χ4v) is 1.17. The number of rotatable bonds is 4. The Labute approximate surface area is 76.8 Å². The van der Waals surface area contributed by atoms with Gasteiger partial charge in [0.1, 0.15) is 12.0 Å². The second kappa shape index (κ2) is 4.92. The lowest BCUT2D eigenvalue weighted by atomic mass is 10.1. The van der Waals surface area contributed by atoms with Gasteiger partial charge in [-0.15, -0.1) is 0 Å². The van der Waals surface area contributed by atoms with Crippen LogP contribution in [-0.2, 0) is 6.42 Å². The van der Waals surface area contributed by atoms with Gasteiger partial charge in [-0.2, -0.15) is 0 Å². The monoisotopic (exact) mass is 185 g/mol. The Bertz CT molecular complexity index is 246. The van der Waals surface area contributed by atoms with Crippen LogP contribution in [0, 0.1) is 5.82 Å². The van der Waals surface area contributed by atoms with E-state index in [-0.39, 0.29) is 5.82 Å². The maximum absolute atomic E-state index is 13.0. The molecule has 0 bridgehead atoms. The van der Waals surface area contributed by atoms with Crippen molar-refractivity contribution in [2.24, 2.45) is 0 Å². The Kier molecular flexibility index (Phi) is 3.83. The van der Waals surface area contributed by atoms with E-state index < -0.39 is 6.17 Å². The van der Waals surface area contributed by atoms with Crippen LogP contribution in [-0.4, -0.2) is 19.8 Å². The fourth-order valence-electron chi connectivity index (χ4n) is 1.17. The summed E-state index contributed by atoms with van der Waals surface area (Å²) in [6.07, 6.45) is -0.573. The van der Waals surface area contributed by atoms with Gasteiger partial charge >= 0.3 is 0 Å². The van der Waals surface area contributed by atoms with Crippen molar-refractivity contribution >= 4 is 0 Å². The molecule has 0 aliphatic carbocycles. The molecule has 0 fully saturated rings. The summed E-state index contributed by atoms with van der Waals surface area (Å²) in [4.78, 5) is 0. The first-order valence-corrected chi connectivity index (χ1v) is 4.25. The number of benzene rings is 1. The van der Waals surface area contributed by atoms with E-state index in [2.05, 4.69) is 5.32 Å². The van der Waals surface area contributed by atoms with Gasteiger partial charge in [-0.05, 0) is 24.7 Å². The summed E-state index contributed by atoms with van der Waals surface area (Å²) in [6.45, 7) is 0.331. The molecule has 1 nitrogen and oxygen atoms in total. The van der Waals surface area contributed by atoms with Crippen LogP contribution in [0.15, 0.2) is 24.3 Å². The minimum atomic E-state index is -0.907. The molecular weight excluding hydrogens is 172 g/mol. The highest BCUT2D eigenvalue weighted by molar-refractivity contribution is 5.16. The summed E-state index contributed by atoms with van der Waals surface area (Å²) in [6, 6.07) is 5.91. The average molecular weight is 185 g/mol. The van der Waals surface area contributed by atoms with Crippen molar-refractivity contribution < 1.29 is 8.78 Å². The van der Waals surface area contributed by atoms with E-state index in [1.54, 1.807) is 19.2 Å². The molecule has 1 rings (SSSR count). The molecule has 0 radical (unpaired) electrons. The third-order valence-electron chi connectivity index (χ3n) is 1.80. The van der Waals surface area contributed by atoms with Gasteiger partial charge in [-0.1, -0.05) is 12.1 Å². The topological polar surface area (TPSA) is 12.0 Å². The molecule has 0 spiro atoms. The lowest BCUT2D eigenvalue weighted by Crippen LogP contribution is -2.21. The largest absolute Gasteiger partial charge is 0.317 e. The maximum atomic E-state index is 13.0. The van der Waals surface area contributed by atoms with E-state index in [4.69, 9.17) is 0 Å². The summed E-state index contributed by atoms with van der Waals surface area (Å²) in [5, 5.41) is 2.75. The van der Waals surface area contributed by atoms with Crippen LogP contribution in [0.4, 0.5) is 8.78 Å². The molecule has 1 aromatic rings. The lowest BCUT2D eigenvalue weighted by Gasteiger charge is -2.06. The predicted octanol–water partition coefficient (Wildman–Crippen LogP) is 1.93. The summed E-state index contributed by atoms with van der Waals surface area (Å²) in [7, 11) is 1.71. The van der Waals surface area contributed by atoms with Crippen molar-refractivity contribution in [2.45, 2.75) is 12.6 Å². The van der Waals surface area contributed by atoms with Crippen LogP contribution in [0.2, 0.25) is 0 Å². The van der Waals surface area contributed by atoms with E-state index in [0.717, 1.165) is 5.56 Å². The van der Waals surface area contributed by atoms with E-state index in [1.807, 2.05) is 0 Å². The molecular formula is C10H13F2N.